The first-order chi connectivity index (χ1) is 5.34. The van der Waals surface area contributed by atoms with Gasteiger partial charge < -0.3 is 10.5 Å². The zero-order chi connectivity index (χ0) is 8.10. The summed E-state index contributed by atoms with van der Waals surface area (Å²) in [6, 6.07) is 0. The van der Waals surface area contributed by atoms with Crippen molar-refractivity contribution >= 4 is 10.8 Å². The molecule has 1 heterocycles. The van der Waals surface area contributed by atoms with Gasteiger partial charge in [0, 0.05) is 29.7 Å². The van der Waals surface area contributed by atoms with Crippen LogP contribution in [0.3, 0.4) is 0 Å². The fourth-order valence-electron chi connectivity index (χ4n) is 1.20. The Morgan fingerprint density at radius 3 is 3.00 bits per heavy atom. The minimum absolute atomic E-state index is 0.243. The smallest absolute Gasteiger partial charge is 0.0609 e. The molecular weight excluding hydrogens is 162 g/mol. The summed E-state index contributed by atoms with van der Waals surface area (Å²) < 4.78 is 16.6. The van der Waals surface area contributed by atoms with Crippen molar-refractivity contribution in [3.05, 3.63) is 0 Å². The van der Waals surface area contributed by atoms with Gasteiger partial charge in [0.1, 0.15) is 0 Å². The van der Waals surface area contributed by atoms with Gasteiger partial charge in [-0.3, -0.25) is 4.21 Å². The van der Waals surface area contributed by atoms with E-state index in [0.717, 1.165) is 19.4 Å². The summed E-state index contributed by atoms with van der Waals surface area (Å²) >= 11 is 0. The highest BCUT2D eigenvalue weighted by Gasteiger charge is 2.19. The molecule has 0 saturated carbocycles. The van der Waals surface area contributed by atoms with E-state index in [1.807, 2.05) is 0 Å². The fourth-order valence-corrected chi connectivity index (χ4v) is 2.44. The van der Waals surface area contributed by atoms with Crippen LogP contribution in [0.5, 0.6) is 0 Å². The van der Waals surface area contributed by atoms with Gasteiger partial charge in [0.15, 0.2) is 0 Å². The van der Waals surface area contributed by atoms with E-state index in [1.54, 1.807) is 0 Å². The molecule has 2 unspecified atom stereocenters. The number of nitrogens with two attached hydrogens (primary N) is 1. The van der Waals surface area contributed by atoms with Gasteiger partial charge in [0.05, 0.1) is 11.9 Å². The molecule has 2 atom stereocenters. The number of rotatable bonds is 3. The van der Waals surface area contributed by atoms with E-state index in [-0.39, 0.29) is 5.25 Å². The Balaban J connectivity index is 2.27. The monoisotopic (exact) mass is 177 g/mol. The van der Waals surface area contributed by atoms with Crippen LogP contribution in [0.25, 0.3) is 0 Å². The van der Waals surface area contributed by atoms with Crippen molar-refractivity contribution in [1.29, 1.82) is 0 Å². The molecule has 0 spiro atoms. The quantitative estimate of drug-likeness (QED) is 0.653. The van der Waals surface area contributed by atoms with Gasteiger partial charge in [-0.2, -0.15) is 0 Å². The zero-order valence-electron chi connectivity index (χ0n) is 6.62. The second kappa shape index (κ2) is 4.85. The van der Waals surface area contributed by atoms with Crippen molar-refractivity contribution in [2.75, 3.05) is 25.5 Å². The van der Waals surface area contributed by atoms with Crippen molar-refractivity contribution in [2.45, 2.75) is 18.1 Å². The number of ether oxygens (including phenoxy) is 1. The summed E-state index contributed by atoms with van der Waals surface area (Å²) in [5.74, 6) is 0.619. The predicted molar refractivity (Wildman–Crippen MR) is 45.9 cm³/mol. The van der Waals surface area contributed by atoms with Crippen molar-refractivity contribution in [1.82, 2.24) is 0 Å². The van der Waals surface area contributed by atoms with Crippen molar-refractivity contribution in [2.24, 2.45) is 5.73 Å². The van der Waals surface area contributed by atoms with Crippen LogP contribution < -0.4 is 5.73 Å². The van der Waals surface area contributed by atoms with Crippen LogP contribution >= 0.6 is 0 Å². The van der Waals surface area contributed by atoms with Crippen LogP contribution in [0.2, 0.25) is 0 Å². The maximum atomic E-state index is 11.3. The molecule has 11 heavy (non-hydrogen) atoms. The van der Waals surface area contributed by atoms with Crippen LogP contribution in [-0.4, -0.2) is 35.0 Å². The molecule has 2 N–H and O–H groups in total. The Morgan fingerprint density at radius 2 is 2.45 bits per heavy atom. The van der Waals surface area contributed by atoms with E-state index in [1.165, 1.54) is 0 Å². The highest BCUT2D eigenvalue weighted by atomic mass is 32.2. The molecule has 0 radical (unpaired) electrons. The maximum absolute atomic E-state index is 11.3. The molecule has 1 aliphatic heterocycles. The fraction of sp³-hybridized carbons (Fsp3) is 1.00. The van der Waals surface area contributed by atoms with E-state index >= 15 is 0 Å². The molecule has 0 aromatic carbocycles. The topological polar surface area (TPSA) is 52.3 Å². The largest absolute Gasteiger partial charge is 0.380 e. The molecule has 66 valence electrons. The van der Waals surface area contributed by atoms with Gasteiger partial charge in [-0.05, 0) is 12.8 Å². The molecule has 1 saturated heterocycles. The first kappa shape index (κ1) is 9.16. The van der Waals surface area contributed by atoms with Gasteiger partial charge in [0.25, 0.3) is 0 Å². The summed E-state index contributed by atoms with van der Waals surface area (Å²) in [6.45, 7) is 2.01. The molecule has 0 aromatic rings. The summed E-state index contributed by atoms with van der Waals surface area (Å²) in [5.41, 5.74) is 5.30. The van der Waals surface area contributed by atoms with Crippen LogP contribution in [0.1, 0.15) is 12.8 Å². The summed E-state index contributed by atoms with van der Waals surface area (Å²) in [4.78, 5) is 0. The standard InChI is InChI=1S/C7H15NO2S/c8-3-5-11(9)7-2-1-4-10-6-7/h7H,1-6,8H2. The molecule has 0 bridgehead atoms. The third kappa shape index (κ3) is 2.89. The molecule has 1 fully saturated rings. The minimum Gasteiger partial charge on any atom is -0.380 e. The Kier molecular flexibility index (Phi) is 4.04. The molecule has 0 aliphatic carbocycles. The Labute approximate surface area is 69.8 Å². The minimum atomic E-state index is -0.756. The summed E-state index contributed by atoms with van der Waals surface area (Å²) in [5, 5.41) is 0.243. The van der Waals surface area contributed by atoms with Crippen molar-refractivity contribution in [3.8, 4) is 0 Å². The highest BCUT2D eigenvalue weighted by molar-refractivity contribution is 7.85. The molecule has 0 amide bonds. The summed E-state index contributed by atoms with van der Waals surface area (Å²) in [6.07, 6.45) is 2.08. The molecule has 3 nitrogen and oxygen atoms in total. The first-order valence-corrected chi connectivity index (χ1v) is 5.38. The Bertz CT molecular complexity index is 134. The lowest BCUT2D eigenvalue weighted by molar-refractivity contribution is 0.100. The van der Waals surface area contributed by atoms with Gasteiger partial charge in [-0.25, -0.2) is 0 Å². The van der Waals surface area contributed by atoms with Crippen LogP contribution in [0, 0.1) is 0 Å². The average Bonchev–Trinajstić information content (AvgIpc) is 2.07. The SMILES string of the molecule is NCCS(=O)C1CCCOC1. The first-order valence-electron chi connectivity index (χ1n) is 3.99. The summed E-state index contributed by atoms with van der Waals surface area (Å²) in [7, 11) is -0.756. The number of hydrogen-bond acceptors (Lipinski definition) is 3. The lowest BCUT2D eigenvalue weighted by Crippen LogP contribution is -2.30. The van der Waals surface area contributed by atoms with Crippen LogP contribution in [0.15, 0.2) is 0 Å². The van der Waals surface area contributed by atoms with Gasteiger partial charge in [0.2, 0.25) is 0 Å². The van der Waals surface area contributed by atoms with Gasteiger partial charge >= 0.3 is 0 Å². The van der Waals surface area contributed by atoms with Crippen molar-refractivity contribution in [3.63, 3.8) is 0 Å². The second-order valence-electron chi connectivity index (χ2n) is 2.71. The Hall–Kier alpha value is 0.0700. The van der Waals surface area contributed by atoms with Crippen LogP contribution in [0.4, 0.5) is 0 Å². The van der Waals surface area contributed by atoms with Gasteiger partial charge in [-0.15, -0.1) is 0 Å². The normalized spacial score (nSPS) is 28.3. The molecule has 0 aromatic heterocycles. The van der Waals surface area contributed by atoms with Crippen molar-refractivity contribution < 1.29 is 8.95 Å². The molecule has 4 heteroatoms. The Morgan fingerprint density at radius 1 is 1.64 bits per heavy atom. The second-order valence-corrected chi connectivity index (χ2v) is 4.55. The lowest BCUT2D eigenvalue weighted by Gasteiger charge is -2.20. The average molecular weight is 177 g/mol. The van der Waals surface area contributed by atoms with Gasteiger partial charge in [-0.1, -0.05) is 0 Å². The third-order valence-electron chi connectivity index (χ3n) is 1.81. The maximum Gasteiger partial charge on any atom is 0.0609 e. The van der Waals surface area contributed by atoms with E-state index in [9.17, 15) is 4.21 Å². The molecule has 1 rings (SSSR count). The van der Waals surface area contributed by atoms with E-state index in [4.69, 9.17) is 10.5 Å². The third-order valence-corrected chi connectivity index (χ3v) is 3.56. The van der Waals surface area contributed by atoms with E-state index in [0.29, 0.717) is 18.9 Å². The molecular formula is C7H15NO2S. The van der Waals surface area contributed by atoms with E-state index < -0.39 is 10.8 Å². The lowest BCUT2D eigenvalue weighted by atomic mass is 10.2. The highest BCUT2D eigenvalue weighted by Crippen LogP contribution is 2.11. The van der Waals surface area contributed by atoms with Crippen LogP contribution in [-0.2, 0) is 15.5 Å². The predicted octanol–water partition coefficient (Wildman–Crippen LogP) is -0.127. The van der Waals surface area contributed by atoms with E-state index in [2.05, 4.69) is 0 Å². The zero-order valence-corrected chi connectivity index (χ0v) is 7.44. The molecule has 1 aliphatic rings. The number of hydrogen-bond donors (Lipinski definition) is 1.